The number of carbonyl (C=O) groups excluding carboxylic acids is 2. The van der Waals surface area contributed by atoms with Crippen LogP contribution in [0.5, 0.6) is 0 Å². The van der Waals surface area contributed by atoms with Gasteiger partial charge in [-0.1, -0.05) is 6.58 Å². The van der Waals surface area contributed by atoms with E-state index in [1.54, 1.807) is 6.92 Å². The molecule has 1 atom stereocenters. The van der Waals surface area contributed by atoms with Gasteiger partial charge in [0.15, 0.2) is 0 Å². The molecule has 1 heterocycles. The first-order chi connectivity index (χ1) is 5.99. The van der Waals surface area contributed by atoms with Crippen LogP contribution in [0.25, 0.3) is 0 Å². The van der Waals surface area contributed by atoms with Gasteiger partial charge in [-0.3, -0.25) is 0 Å². The zero-order chi connectivity index (χ0) is 10.1. The van der Waals surface area contributed by atoms with Crippen LogP contribution in [-0.2, 0) is 19.1 Å². The van der Waals surface area contributed by atoms with E-state index >= 15 is 0 Å². The molecule has 0 aromatic heterocycles. The lowest BCUT2D eigenvalue weighted by atomic mass is 10.0. The molecule has 0 amide bonds. The molecule has 4 nitrogen and oxygen atoms in total. The fourth-order valence-corrected chi connectivity index (χ4v) is 1.19. The van der Waals surface area contributed by atoms with Crippen LogP contribution in [0, 0.1) is 0 Å². The van der Waals surface area contributed by atoms with Crippen molar-refractivity contribution in [3.63, 3.8) is 0 Å². The molecule has 0 bridgehead atoms. The summed E-state index contributed by atoms with van der Waals surface area (Å²) in [6, 6.07) is 0. The van der Waals surface area contributed by atoms with Crippen LogP contribution in [0.2, 0.25) is 0 Å². The van der Waals surface area contributed by atoms with Gasteiger partial charge in [0.05, 0.1) is 6.61 Å². The summed E-state index contributed by atoms with van der Waals surface area (Å²) in [6.07, 6.45) is 0.213. The molecule has 0 N–H and O–H groups in total. The Balaban J connectivity index is 2.74. The van der Waals surface area contributed by atoms with E-state index in [0.29, 0.717) is 5.57 Å². The maximum Gasteiger partial charge on any atom is 0.350 e. The number of hydrogen-bond acceptors (Lipinski definition) is 4. The molecule has 1 aliphatic heterocycles. The van der Waals surface area contributed by atoms with Crippen molar-refractivity contribution in [2.75, 3.05) is 6.61 Å². The SMILES string of the molecule is C=C1C[C@](C)(C(=O)OCC)OC1=O. The number of carbonyl (C=O) groups is 2. The molecule has 1 aliphatic rings. The highest BCUT2D eigenvalue weighted by molar-refractivity contribution is 5.96. The van der Waals surface area contributed by atoms with Crippen LogP contribution in [0.3, 0.4) is 0 Å². The molecule has 1 fully saturated rings. The number of esters is 2. The third kappa shape index (κ3) is 1.71. The molecule has 0 aliphatic carbocycles. The predicted molar refractivity (Wildman–Crippen MR) is 44.9 cm³/mol. The number of rotatable bonds is 2. The van der Waals surface area contributed by atoms with Crippen LogP contribution >= 0.6 is 0 Å². The van der Waals surface area contributed by atoms with Crippen molar-refractivity contribution >= 4 is 11.9 Å². The topological polar surface area (TPSA) is 52.6 Å². The summed E-state index contributed by atoms with van der Waals surface area (Å²) >= 11 is 0. The fraction of sp³-hybridized carbons (Fsp3) is 0.556. The van der Waals surface area contributed by atoms with Crippen LogP contribution in [0.15, 0.2) is 12.2 Å². The van der Waals surface area contributed by atoms with Crippen LogP contribution < -0.4 is 0 Å². The second-order valence-electron chi connectivity index (χ2n) is 3.12. The summed E-state index contributed by atoms with van der Waals surface area (Å²) in [5.41, 5.74) is -0.847. The third-order valence-electron chi connectivity index (χ3n) is 1.86. The average molecular weight is 184 g/mol. The molecule has 0 radical (unpaired) electrons. The molecule has 0 aromatic carbocycles. The third-order valence-corrected chi connectivity index (χ3v) is 1.86. The predicted octanol–water partition coefficient (Wildman–Crippen LogP) is 0.811. The summed E-state index contributed by atoms with van der Waals surface area (Å²) in [4.78, 5) is 22.3. The Morgan fingerprint density at radius 1 is 1.77 bits per heavy atom. The number of ether oxygens (including phenoxy) is 2. The van der Waals surface area contributed by atoms with Gasteiger partial charge in [-0.15, -0.1) is 0 Å². The lowest BCUT2D eigenvalue weighted by Gasteiger charge is -2.18. The van der Waals surface area contributed by atoms with Crippen LogP contribution in [-0.4, -0.2) is 24.1 Å². The Hall–Kier alpha value is -1.32. The zero-order valence-electron chi connectivity index (χ0n) is 7.75. The van der Waals surface area contributed by atoms with Crippen molar-refractivity contribution < 1.29 is 19.1 Å². The van der Waals surface area contributed by atoms with E-state index in [-0.39, 0.29) is 13.0 Å². The van der Waals surface area contributed by atoms with E-state index < -0.39 is 17.5 Å². The molecule has 0 aromatic rings. The highest BCUT2D eigenvalue weighted by Gasteiger charge is 2.46. The van der Waals surface area contributed by atoms with Gasteiger partial charge in [0.1, 0.15) is 0 Å². The van der Waals surface area contributed by atoms with Crippen molar-refractivity contribution in [3.05, 3.63) is 12.2 Å². The van der Waals surface area contributed by atoms with Gasteiger partial charge >= 0.3 is 11.9 Å². The van der Waals surface area contributed by atoms with Gasteiger partial charge in [0.25, 0.3) is 0 Å². The minimum atomic E-state index is -1.16. The molecular weight excluding hydrogens is 172 g/mol. The van der Waals surface area contributed by atoms with E-state index in [1.165, 1.54) is 6.92 Å². The molecule has 1 rings (SSSR count). The lowest BCUT2D eigenvalue weighted by molar-refractivity contribution is -0.171. The summed E-state index contributed by atoms with van der Waals surface area (Å²) < 4.78 is 9.63. The van der Waals surface area contributed by atoms with E-state index in [0.717, 1.165) is 0 Å². The fourth-order valence-electron chi connectivity index (χ4n) is 1.19. The second-order valence-corrected chi connectivity index (χ2v) is 3.12. The van der Waals surface area contributed by atoms with E-state index in [9.17, 15) is 9.59 Å². The molecule has 0 saturated carbocycles. The van der Waals surface area contributed by atoms with Gasteiger partial charge in [-0.2, -0.15) is 0 Å². The summed E-state index contributed by atoms with van der Waals surface area (Å²) in [6.45, 7) is 7.00. The smallest absolute Gasteiger partial charge is 0.350 e. The van der Waals surface area contributed by atoms with E-state index in [1.807, 2.05) is 0 Å². The van der Waals surface area contributed by atoms with Crippen molar-refractivity contribution in [1.29, 1.82) is 0 Å². The average Bonchev–Trinajstić information content (AvgIpc) is 2.28. The van der Waals surface area contributed by atoms with Gasteiger partial charge in [0, 0.05) is 12.0 Å². The first kappa shape index (κ1) is 9.77. The molecule has 4 heteroatoms. The highest BCUT2D eigenvalue weighted by atomic mass is 16.6. The maximum absolute atomic E-state index is 11.3. The largest absolute Gasteiger partial charge is 0.463 e. The van der Waals surface area contributed by atoms with Crippen molar-refractivity contribution in [2.45, 2.75) is 25.9 Å². The lowest BCUT2D eigenvalue weighted by Crippen LogP contribution is -2.36. The number of hydrogen-bond donors (Lipinski definition) is 0. The first-order valence-corrected chi connectivity index (χ1v) is 4.08. The molecule has 1 saturated heterocycles. The molecular formula is C9H12O4. The minimum absolute atomic E-state index is 0.213. The Morgan fingerprint density at radius 3 is 2.77 bits per heavy atom. The van der Waals surface area contributed by atoms with Gasteiger partial charge in [0.2, 0.25) is 5.60 Å². The monoisotopic (exact) mass is 184 g/mol. The Bertz CT molecular complexity index is 251. The van der Waals surface area contributed by atoms with Gasteiger partial charge < -0.3 is 9.47 Å². The first-order valence-electron chi connectivity index (χ1n) is 4.08. The molecule has 13 heavy (non-hydrogen) atoms. The normalized spacial score (nSPS) is 27.2. The molecule has 72 valence electrons. The van der Waals surface area contributed by atoms with Crippen molar-refractivity contribution in [1.82, 2.24) is 0 Å². The van der Waals surface area contributed by atoms with Gasteiger partial charge in [-0.05, 0) is 13.8 Å². The second kappa shape index (κ2) is 3.20. The summed E-state index contributed by atoms with van der Waals surface area (Å²) in [5, 5.41) is 0. The molecule has 0 spiro atoms. The standard InChI is InChI=1S/C9H12O4/c1-4-12-8(11)9(3)5-6(2)7(10)13-9/h2,4-5H2,1,3H3/t9-/m1/s1. The van der Waals surface area contributed by atoms with Crippen molar-refractivity contribution in [2.24, 2.45) is 0 Å². The summed E-state index contributed by atoms with van der Waals surface area (Å²) in [7, 11) is 0. The summed E-state index contributed by atoms with van der Waals surface area (Å²) in [5.74, 6) is -1.03. The highest BCUT2D eigenvalue weighted by Crippen LogP contribution is 2.30. The van der Waals surface area contributed by atoms with Crippen LogP contribution in [0.4, 0.5) is 0 Å². The quantitative estimate of drug-likeness (QED) is 0.470. The zero-order valence-corrected chi connectivity index (χ0v) is 7.75. The van der Waals surface area contributed by atoms with E-state index in [2.05, 4.69) is 6.58 Å². The Kier molecular flexibility index (Phi) is 2.40. The minimum Gasteiger partial charge on any atom is -0.463 e. The van der Waals surface area contributed by atoms with E-state index in [4.69, 9.17) is 9.47 Å². The Labute approximate surface area is 76.5 Å². The van der Waals surface area contributed by atoms with Gasteiger partial charge in [-0.25, -0.2) is 9.59 Å². The molecule has 0 unspecified atom stereocenters. The maximum atomic E-state index is 11.3. The number of cyclic esters (lactones) is 1. The van der Waals surface area contributed by atoms with Crippen LogP contribution in [0.1, 0.15) is 20.3 Å². The Morgan fingerprint density at radius 2 is 2.38 bits per heavy atom. The van der Waals surface area contributed by atoms with Crippen molar-refractivity contribution in [3.8, 4) is 0 Å².